The van der Waals surface area contributed by atoms with E-state index in [1.54, 1.807) is 9.80 Å². The molecule has 1 spiro atoms. The topological polar surface area (TPSA) is 70.2 Å². The van der Waals surface area contributed by atoms with Gasteiger partial charge in [-0.05, 0) is 24.8 Å². The zero-order chi connectivity index (χ0) is 19.6. The van der Waals surface area contributed by atoms with Gasteiger partial charge in [0.1, 0.15) is 11.6 Å². The van der Waals surface area contributed by atoms with E-state index in [4.69, 9.17) is 4.74 Å². The Morgan fingerprint density at radius 2 is 1.81 bits per heavy atom. The molecular weight excluding hydrogens is 346 g/mol. The lowest BCUT2D eigenvalue weighted by atomic mass is 9.85. The summed E-state index contributed by atoms with van der Waals surface area (Å²) >= 11 is 0. The maximum atomic E-state index is 13.0. The van der Waals surface area contributed by atoms with Crippen LogP contribution in [-0.2, 0) is 20.9 Å². The van der Waals surface area contributed by atoms with Gasteiger partial charge in [0, 0.05) is 33.8 Å². The summed E-state index contributed by atoms with van der Waals surface area (Å²) in [6, 6.07) is 9.40. The number of urea groups is 1. The van der Waals surface area contributed by atoms with Crippen LogP contribution in [-0.4, -0.2) is 71.4 Å². The third kappa shape index (κ3) is 3.32. The molecule has 4 amide bonds. The van der Waals surface area contributed by atoms with Gasteiger partial charge in [-0.3, -0.25) is 14.5 Å². The molecule has 1 aromatic rings. The Labute approximate surface area is 159 Å². The van der Waals surface area contributed by atoms with E-state index in [1.807, 2.05) is 37.3 Å². The minimum absolute atomic E-state index is 0.0467. The number of ether oxygens (including phenoxy) is 1. The highest BCUT2D eigenvalue weighted by atomic mass is 16.5. The number of imide groups is 1. The maximum absolute atomic E-state index is 13.0. The van der Waals surface area contributed by atoms with E-state index >= 15 is 0 Å². The fourth-order valence-electron chi connectivity index (χ4n) is 4.09. The van der Waals surface area contributed by atoms with Crippen molar-refractivity contribution in [2.45, 2.75) is 44.4 Å². The second-order valence-corrected chi connectivity index (χ2v) is 7.21. The Morgan fingerprint density at radius 3 is 2.37 bits per heavy atom. The summed E-state index contributed by atoms with van der Waals surface area (Å²) in [5.74, 6) is -0.219. The molecule has 1 atom stereocenters. The van der Waals surface area contributed by atoms with Crippen LogP contribution in [0.3, 0.4) is 0 Å². The van der Waals surface area contributed by atoms with Gasteiger partial charge in [-0.25, -0.2) is 4.79 Å². The number of rotatable bonds is 5. The van der Waals surface area contributed by atoms with Crippen LogP contribution in [0.2, 0.25) is 0 Å². The summed E-state index contributed by atoms with van der Waals surface area (Å²) in [6.07, 6.45) is 1.04. The zero-order valence-electron chi connectivity index (χ0n) is 16.2. The quantitative estimate of drug-likeness (QED) is 0.739. The van der Waals surface area contributed by atoms with Gasteiger partial charge in [0.05, 0.1) is 0 Å². The van der Waals surface area contributed by atoms with Crippen LogP contribution < -0.4 is 0 Å². The molecule has 2 fully saturated rings. The molecule has 2 aliphatic heterocycles. The largest absolute Gasteiger partial charge is 0.372 e. The highest BCUT2D eigenvalue weighted by Gasteiger charge is 2.57. The van der Waals surface area contributed by atoms with Crippen molar-refractivity contribution in [1.82, 2.24) is 14.7 Å². The molecule has 0 aromatic heterocycles. The molecule has 146 valence electrons. The first-order valence-corrected chi connectivity index (χ1v) is 9.40. The smallest absolute Gasteiger partial charge is 0.327 e. The molecule has 1 aromatic carbocycles. The number of carbonyl (C=O) groups excluding carboxylic acids is 3. The number of carbonyl (C=O) groups is 3. The third-order valence-corrected chi connectivity index (χ3v) is 5.75. The van der Waals surface area contributed by atoms with E-state index in [-0.39, 0.29) is 17.8 Å². The molecule has 2 aliphatic rings. The maximum Gasteiger partial charge on any atom is 0.327 e. The van der Waals surface area contributed by atoms with Crippen molar-refractivity contribution >= 4 is 17.8 Å². The van der Waals surface area contributed by atoms with Crippen LogP contribution >= 0.6 is 0 Å². The number of nitrogens with zero attached hydrogens (tertiary/aromatic N) is 3. The first-order valence-electron chi connectivity index (χ1n) is 9.40. The van der Waals surface area contributed by atoms with E-state index in [1.165, 1.54) is 19.1 Å². The molecule has 7 heteroatoms. The molecule has 1 unspecified atom stereocenters. The van der Waals surface area contributed by atoms with Gasteiger partial charge in [-0.2, -0.15) is 0 Å². The van der Waals surface area contributed by atoms with E-state index in [0.717, 1.165) is 5.56 Å². The average molecular weight is 373 g/mol. The van der Waals surface area contributed by atoms with Crippen LogP contribution in [0.1, 0.15) is 31.7 Å². The number of methoxy groups -OCH3 is 1. The minimum Gasteiger partial charge on any atom is -0.372 e. The normalized spacial score (nSPS) is 20.5. The van der Waals surface area contributed by atoms with Crippen LogP contribution in [0.4, 0.5) is 4.79 Å². The zero-order valence-corrected chi connectivity index (χ0v) is 16.2. The number of likely N-dealkylation sites (tertiary alicyclic amines) is 1. The lowest BCUT2D eigenvalue weighted by Crippen LogP contribution is -2.58. The Balaban J connectivity index is 1.79. The van der Waals surface area contributed by atoms with Gasteiger partial charge in [0.15, 0.2) is 0 Å². The van der Waals surface area contributed by atoms with E-state index in [2.05, 4.69) is 0 Å². The van der Waals surface area contributed by atoms with Gasteiger partial charge in [-0.1, -0.05) is 37.3 Å². The lowest BCUT2D eigenvalue weighted by Gasteiger charge is -2.42. The van der Waals surface area contributed by atoms with Crippen molar-refractivity contribution in [3.63, 3.8) is 0 Å². The fourth-order valence-corrected chi connectivity index (χ4v) is 4.09. The first-order chi connectivity index (χ1) is 12.9. The van der Waals surface area contributed by atoms with Gasteiger partial charge in [-0.15, -0.1) is 0 Å². The SMILES string of the molecule is CCC(OC)C(=O)N1CCC2(CC1)C(=O)N(C)C(=O)N2Cc1ccccc1. The van der Waals surface area contributed by atoms with Gasteiger partial charge >= 0.3 is 6.03 Å². The Hall–Kier alpha value is -2.41. The van der Waals surface area contributed by atoms with Crippen LogP contribution in [0.15, 0.2) is 30.3 Å². The Bertz CT molecular complexity index is 709. The van der Waals surface area contributed by atoms with Crippen molar-refractivity contribution in [3.8, 4) is 0 Å². The standard InChI is InChI=1S/C20H27N3O4/c1-4-16(27-3)17(24)22-12-10-20(11-13-22)18(25)21(2)19(26)23(20)14-15-8-6-5-7-9-15/h5-9,16H,4,10-14H2,1-3H3. The summed E-state index contributed by atoms with van der Waals surface area (Å²) in [4.78, 5) is 42.9. The minimum atomic E-state index is -0.868. The van der Waals surface area contributed by atoms with Crippen molar-refractivity contribution in [2.24, 2.45) is 0 Å². The summed E-state index contributed by atoms with van der Waals surface area (Å²) in [5, 5.41) is 0. The molecule has 2 heterocycles. The molecule has 2 saturated heterocycles. The Morgan fingerprint density at radius 1 is 1.19 bits per heavy atom. The van der Waals surface area contributed by atoms with Gasteiger partial charge < -0.3 is 14.5 Å². The predicted octanol–water partition coefficient (Wildman–Crippen LogP) is 1.87. The van der Waals surface area contributed by atoms with Crippen LogP contribution in [0, 0.1) is 0 Å². The molecule has 0 radical (unpaired) electrons. The van der Waals surface area contributed by atoms with Gasteiger partial charge in [0.25, 0.3) is 11.8 Å². The van der Waals surface area contributed by atoms with Crippen LogP contribution in [0.5, 0.6) is 0 Å². The number of piperidine rings is 1. The van der Waals surface area contributed by atoms with Crippen LogP contribution in [0.25, 0.3) is 0 Å². The summed E-state index contributed by atoms with van der Waals surface area (Å²) in [6.45, 7) is 3.18. The van der Waals surface area contributed by atoms with Crippen molar-refractivity contribution in [3.05, 3.63) is 35.9 Å². The molecular formula is C20H27N3O4. The number of hydrogen-bond donors (Lipinski definition) is 0. The molecule has 0 aliphatic carbocycles. The third-order valence-electron chi connectivity index (χ3n) is 5.75. The highest BCUT2D eigenvalue weighted by Crippen LogP contribution is 2.38. The summed E-state index contributed by atoms with van der Waals surface area (Å²) < 4.78 is 5.26. The van der Waals surface area contributed by atoms with Crippen molar-refractivity contribution in [1.29, 1.82) is 0 Å². The number of hydrogen-bond acceptors (Lipinski definition) is 4. The van der Waals surface area contributed by atoms with Crippen molar-refractivity contribution < 1.29 is 19.1 Å². The molecule has 0 bridgehead atoms. The van der Waals surface area contributed by atoms with E-state index in [9.17, 15) is 14.4 Å². The summed E-state index contributed by atoms with van der Waals surface area (Å²) in [7, 11) is 3.07. The molecule has 3 rings (SSSR count). The average Bonchev–Trinajstić information content (AvgIpc) is 2.86. The second kappa shape index (κ2) is 7.68. The molecule has 0 saturated carbocycles. The number of benzene rings is 1. The van der Waals surface area contributed by atoms with E-state index in [0.29, 0.717) is 38.9 Å². The number of amides is 4. The second-order valence-electron chi connectivity index (χ2n) is 7.21. The molecule has 7 nitrogen and oxygen atoms in total. The van der Waals surface area contributed by atoms with E-state index < -0.39 is 11.6 Å². The number of likely N-dealkylation sites (N-methyl/N-ethyl adjacent to an activating group) is 1. The molecule has 27 heavy (non-hydrogen) atoms. The lowest BCUT2D eigenvalue weighted by molar-refractivity contribution is -0.147. The Kier molecular flexibility index (Phi) is 5.51. The fraction of sp³-hybridized carbons (Fsp3) is 0.550. The molecule has 0 N–H and O–H groups in total. The predicted molar refractivity (Wildman–Crippen MR) is 99.8 cm³/mol. The monoisotopic (exact) mass is 373 g/mol. The summed E-state index contributed by atoms with van der Waals surface area (Å²) in [5.41, 5.74) is 0.116. The van der Waals surface area contributed by atoms with Gasteiger partial charge in [0.2, 0.25) is 0 Å². The van der Waals surface area contributed by atoms with Crippen molar-refractivity contribution in [2.75, 3.05) is 27.2 Å². The highest BCUT2D eigenvalue weighted by molar-refractivity contribution is 6.06. The first kappa shape index (κ1) is 19.4.